The lowest BCUT2D eigenvalue weighted by Crippen LogP contribution is -2.22. The fourth-order valence-electron chi connectivity index (χ4n) is 3.14. The summed E-state index contributed by atoms with van der Waals surface area (Å²) >= 11 is 0. The molecule has 172 valence electrons. The van der Waals surface area contributed by atoms with Gasteiger partial charge in [0.25, 0.3) is 10.0 Å². The molecule has 0 aliphatic carbocycles. The van der Waals surface area contributed by atoms with E-state index in [0.29, 0.717) is 0 Å². The topological polar surface area (TPSA) is 150 Å². The monoisotopic (exact) mass is 474 g/mol. The highest BCUT2D eigenvalue weighted by Gasteiger charge is 2.18. The van der Waals surface area contributed by atoms with E-state index in [1.807, 2.05) is 26.0 Å². The number of rotatable bonds is 9. The van der Waals surface area contributed by atoms with E-state index in [2.05, 4.69) is 36.4 Å². The standard InChI is InChI=1S/C23H22N8O2S/c1-4-16-7-10-18(11-8-16)34(32,33)30-20-13-17(31(5-2)6-3)9-12-19(20)28-29-23-26-21(14-24)22(15-25)27-23/h4,7-13,30H,1,5-6H2,2-3H3,(H,26,27). The van der Waals surface area contributed by atoms with Gasteiger partial charge in [-0.05, 0) is 49.7 Å². The van der Waals surface area contributed by atoms with Gasteiger partial charge in [0.2, 0.25) is 5.95 Å². The number of benzene rings is 2. The van der Waals surface area contributed by atoms with Gasteiger partial charge in [-0.2, -0.15) is 15.5 Å². The van der Waals surface area contributed by atoms with Crippen molar-refractivity contribution in [3.05, 3.63) is 66.0 Å². The molecular formula is C23H22N8O2S. The molecule has 11 heteroatoms. The second kappa shape index (κ2) is 10.4. The van der Waals surface area contributed by atoms with E-state index in [1.165, 1.54) is 12.1 Å². The summed E-state index contributed by atoms with van der Waals surface area (Å²) in [5.74, 6) is -0.0465. The van der Waals surface area contributed by atoms with Crippen LogP contribution in [0.3, 0.4) is 0 Å². The summed E-state index contributed by atoms with van der Waals surface area (Å²) in [4.78, 5) is 8.63. The lowest BCUT2D eigenvalue weighted by molar-refractivity contribution is 0.601. The van der Waals surface area contributed by atoms with Crippen LogP contribution in [0.2, 0.25) is 0 Å². The summed E-state index contributed by atoms with van der Waals surface area (Å²) in [5.41, 5.74) is 1.92. The van der Waals surface area contributed by atoms with Gasteiger partial charge in [-0.25, -0.2) is 8.42 Å². The van der Waals surface area contributed by atoms with Gasteiger partial charge in [0.05, 0.1) is 10.6 Å². The largest absolute Gasteiger partial charge is 0.372 e. The van der Waals surface area contributed by atoms with Crippen molar-refractivity contribution in [3.63, 3.8) is 0 Å². The van der Waals surface area contributed by atoms with E-state index < -0.39 is 10.0 Å². The highest BCUT2D eigenvalue weighted by molar-refractivity contribution is 7.92. The Hall–Kier alpha value is -4.48. The second-order valence-corrected chi connectivity index (χ2v) is 8.64. The maximum Gasteiger partial charge on any atom is 0.261 e. The molecule has 1 heterocycles. The number of azo groups is 1. The molecule has 1 aromatic heterocycles. The Kier molecular flexibility index (Phi) is 7.41. The fraction of sp³-hybridized carbons (Fsp3) is 0.174. The Balaban J connectivity index is 2.02. The van der Waals surface area contributed by atoms with Crippen LogP contribution >= 0.6 is 0 Å². The SMILES string of the molecule is C=Cc1ccc(S(=O)(=O)Nc2cc(N(CC)CC)ccc2N=Nc2nc(C#N)c(C#N)[nH]2)cc1. The molecule has 0 aliphatic rings. The van der Waals surface area contributed by atoms with Crippen molar-refractivity contribution < 1.29 is 8.42 Å². The highest BCUT2D eigenvalue weighted by atomic mass is 32.2. The molecule has 0 spiro atoms. The van der Waals surface area contributed by atoms with Crippen LogP contribution in [-0.2, 0) is 10.0 Å². The summed E-state index contributed by atoms with van der Waals surface area (Å²) in [7, 11) is -3.92. The van der Waals surface area contributed by atoms with Crippen LogP contribution in [0.5, 0.6) is 0 Å². The Morgan fingerprint density at radius 3 is 2.38 bits per heavy atom. The molecule has 0 fully saturated rings. The van der Waals surface area contributed by atoms with Gasteiger partial charge >= 0.3 is 0 Å². The van der Waals surface area contributed by atoms with Gasteiger partial charge in [-0.1, -0.05) is 24.8 Å². The van der Waals surface area contributed by atoms with Crippen molar-refractivity contribution in [2.75, 3.05) is 22.7 Å². The minimum absolute atomic E-state index is 0.0303. The Morgan fingerprint density at radius 2 is 1.82 bits per heavy atom. The summed E-state index contributed by atoms with van der Waals surface area (Å²) in [6.45, 7) is 9.13. The summed E-state index contributed by atoms with van der Waals surface area (Å²) in [5, 5.41) is 26.2. The lowest BCUT2D eigenvalue weighted by atomic mass is 10.2. The van der Waals surface area contributed by atoms with Crippen LogP contribution in [-0.4, -0.2) is 31.5 Å². The van der Waals surface area contributed by atoms with Crippen molar-refractivity contribution in [3.8, 4) is 12.1 Å². The van der Waals surface area contributed by atoms with Crippen molar-refractivity contribution in [1.29, 1.82) is 10.5 Å². The number of hydrogen-bond donors (Lipinski definition) is 2. The number of anilines is 2. The first-order valence-electron chi connectivity index (χ1n) is 10.3. The van der Waals surface area contributed by atoms with Gasteiger partial charge < -0.3 is 9.88 Å². The van der Waals surface area contributed by atoms with Gasteiger partial charge in [0.1, 0.15) is 17.8 Å². The Morgan fingerprint density at radius 1 is 1.12 bits per heavy atom. The number of sulfonamides is 1. The van der Waals surface area contributed by atoms with Gasteiger partial charge in [0.15, 0.2) is 11.4 Å². The maximum atomic E-state index is 13.1. The summed E-state index contributed by atoms with van der Waals surface area (Å²) < 4.78 is 28.7. The van der Waals surface area contributed by atoms with Crippen molar-refractivity contribution in [2.24, 2.45) is 10.2 Å². The van der Waals surface area contributed by atoms with Gasteiger partial charge in [-0.15, -0.1) is 10.2 Å². The summed E-state index contributed by atoms with van der Waals surface area (Å²) in [6, 6.07) is 15.0. The van der Waals surface area contributed by atoms with E-state index in [1.54, 1.807) is 36.4 Å². The van der Waals surface area contributed by atoms with Crippen LogP contribution in [0.4, 0.5) is 23.0 Å². The Bertz CT molecular complexity index is 1380. The third kappa shape index (κ3) is 5.28. The first-order valence-corrected chi connectivity index (χ1v) is 11.8. The molecule has 10 nitrogen and oxygen atoms in total. The van der Waals surface area contributed by atoms with Crippen LogP contribution in [0.15, 0.2) is 64.2 Å². The van der Waals surface area contributed by atoms with Crippen LogP contribution < -0.4 is 9.62 Å². The number of nitrogens with zero attached hydrogens (tertiary/aromatic N) is 6. The van der Waals surface area contributed by atoms with Gasteiger partial charge in [-0.3, -0.25) is 4.72 Å². The average Bonchev–Trinajstić information content (AvgIpc) is 3.26. The molecule has 34 heavy (non-hydrogen) atoms. The smallest absolute Gasteiger partial charge is 0.261 e. The molecule has 0 atom stereocenters. The molecule has 0 unspecified atom stereocenters. The zero-order valence-electron chi connectivity index (χ0n) is 18.6. The Labute approximate surface area is 198 Å². The van der Waals surface area contributed by atoms with Crippen LogP contribution in [0.25, 0.3) is 6.08 Å². The molecule has 3 aromatic rings. The second-order valence-electron chi connectivity index (χ2n) is 6.96. The minimum atomic E-state index is -3.92. The van der Waals surface area contributed by atoms with Crippen molar-refractivity contribution in [1.82, 2.24) is 9.97 Å². The highest BCUT2D eigenvalue weighted by Crippen LogP contribution is 2.33. The number of imidazole rings is 1. The fourth-order valence-corrected chi connectivity index (χ4v) is 4.20. The number of H-pyrrole nitrogens is 1. The predicted molar refractivity (Wildman–Crippen MR) is 130 cm³/mol. The number of aromatic amines is 1. The molecule has 0 saturated carbocycles. The van der Waals surface area contributed by atoms with E-state index in [4.69, 9.17) is 10.5 Å². The zero-order valence-corrected chi connectivity index (χ0v) is 19.5. The molecule has 2 N–H and O–H groups in total. The predicted octanol–water partition coefficient (Wildman–Crippen LogP) is 4.86. The van der Waals surface area contributed by atoms with E-state index in [9.17, 15) is 8.42 Å². The van der Waals surface area contributed by atoms with Crippen molar-refractivity contribution in [2.45, 2.75) is 18.7 Å². The number of nitriles is 2. The van der Waals surface area contributed by atoms with Crippen LogP contribution in [0, 0.1) is 22.7 Å². The third-order valence-corrected chi connectivity index (χ3v) is 6.32. The summed E-state index contributed by atoms with van der Waals surface area (Å²) in [6.07, 6.45) is 1.62. The lowest BCUT2D eigenvalue weighted by Gasteiger charge is -2.22. The molecule has 0 bridgehead atoms. The third-order valence-electron chi connectivity index (χ3n) is 4.94. The number of hydrogen-bond acceptors (Lipinski definition) is 8. The minimum Gasteiger partial charge on any atom is -0.372 e. The van der Waals surface area contributed by atoms with E-state index in [-0.39, 0.29) is 33.6 Å². The maximum absolute atomic E-state index is 13.1. The first-order chi connectivity index (χ1) is 16.3. The van der Waals surface area contributed by atoms with Crippen LogP contribution in [0.1, 0.15) is 30.8 Å². The van der Waals surface area contributed by atoms with Gasteiger partial charge in [0, 0.05) is 18.8 Å². The molecule has 2 aromatic carbocycles. The van der Waals surface area contributed by atoms with E-state index in [0.717, 1.165) is 24.3 Å². The molecular weight excluding hydrogens is 452 g/mol. The number of nitrogens with one attached hydrogen (secondary N) is 2. The molecule has 0 amide bonds. The molecule has 0 aliphatic heterocycles. The molecule has 0 radical (unpaired) electrons. The zero-order chi connectivity index (χ0) is 24.7. The van der Waals surface area contributed by atoms with Crippen molar-refractivity contribution >= 4 is 39.1 Å². The first kappa shape index (κ1) is 24.2. The molecule has 0 saturated heterocycles. The number of aromatic nitrogens is 2. The molecule has 3 rings (SSSR count). The normalized spacial score (nSPS) is 11.1. The van der Waals surface area contributed by atoms with E-state index >= 15 is 0 Å². The quantitative estimate of drug-likeness (QED) is 0.423. The average molecular weight is 475 g/mol.